The molecule has 114 valence electrons. The molecule has 1 aliphatic heterocycles. The Bertz CT molecular complexity index is 569. The smallest absolute Gasteiger partial charge is 0.228 e. The number of nitrogens with one attached hydrogen (secondary N) is 1. The highest BCUT2D eigenvalue weighted by Crippen LogP contribution is 2.44. The Labute approximate surface area is 124 Å². The summed E-state index contributed by atoms with van der Waals surface area (Å²) in [7, 11) is 0. The lowest BCUT2D eigenvalue weighted by molar-refractivity contribution is -0.122. The third-order valence-corrected chi connectivity index (χ3v) is 4.55. The van der Waals surface area contributed by atoms with Gasteiger partial charge >= 0.3 is 0 Å². The summed E-state index contributed by atoms with van der Waals surface area (Å²) in [5.74, 6) is 1.35. The highest BCUT2D eigenvalue weighted by molar-refractivity contribution is 5.96. The summed E-state index contributed by atoms with van der Waals surface area (Å²) < 4.78 is 11.0. The van der Waals surface area contributed by atoms with Gasteiger partial charge in [-0.05, 0) is 18.3 Å². The lowest BCUT2D eigenvalue weighted by Gasteiger charge is -2.26. The first-order chi connectivity index (χ1) is 9.97. The van der Waals surface area contributed by atoms with Crippen molar-refractivity contribution in [1.82, 2.24) is 0 Å². The van der Waals surface area contributed by atoms with Crippen molar-refractivity contribution in [1.29, 1.82) is 0 Å². The number of amides is 1. The van der Waals surface area contributed by atoms with Crippen LogP contribution in [0.3, 0.4) is 0 Å². The number of hydrogen-bond acceptors (Lipinski definition) is 4. The second kappa shape index (κ2) is 5.13. The normalized spacial score (nSPS) is 22.9. The monoisotopic (exact) mass is 290 g/mol. The predicted octanol–water partition coefficient (Wildman–Crippen LogP) is 2.80. The number of nitrogen functional groups attached to an aromatic ring is 1. The van der Waals surface area contributed by atoms with E-state index < -0.39 is 0 Å². The van der Waals surface area contributed by atoms with Crippen LogP contribution in [0.5, 0.6) is 11.5 Å². The molecule has 0 radical (unpaired) electrons. The molecule has 0 aromatic heterocycles. The molecule has 1 aromatic carbocycles. The molecule has 1 amide bonds. The fraction of sp³-hybridized carbons (Fsp3) is 0.562. The van der Waals surface area contributed by atoms with E-state index in [0.29, 0.717) is 36.1 Å². The molecular weight excluding hydrogens is 268 g/mol. The van der Waals surface area contributed by atoms with E-state index in [4.69, 9.17) is 15.2 Å². The second-order valence-electron chi connectivity index (χ2n) is 6.51. The first-order valence-corrected chi connectivity index (χ1v) is 7.47. The molecule has 5 heteroatoms. The maximum absolute atomic E-state index is 12.5. The van der Waals surface area contributed by atoms with Crippen LogP contribution in [0.25, 0.3) is 0 Å². The summed E-state index contributed by atoms with van der Waals surface area (Å²) in [6, 6.07) is 3.47. The number of carbonyl (C=O) groups is 1. The van der Waals surface area contributed by atoms with Gasteiger partial charge in [0.05, 0.1) is 11.4 Å². The van der Waals surface area contributed by atoms with Crippen LogP contribution in [-0.2, 0) is 4.79 Å². The molecule has 1 heterocycles. The molecule has 1 aliphatic carbocycles. The van der Waals surface area contributed by atoms with Crippen molar-refractivity contribution in [2.45, 2.75) is 33.1 Å². The predicted molar refractivity (Wildman–Crippen MR) is 81.6 cm³/mol. The number of benzene rings is 1. The van der Waals surface area contributed by atoms with Gasteiger partial charge in [-0.1, -0.05) is 20.3 Å². The van der Waals surface area contributed by atoms with Crippen LogP contribution in [0.15, 0.2) is 12.1 Å². The number of nitrogens with two attached hydrogens (primary N) is 1. The number of rotatable bonds is 2. The summed E-state index contributed by atoms with van der Waals surface area (Å²) in [4.78, 5) is 12.5. The molecule has 3 rings (SSSR count). The van der Waals surface area contributed by atoms with Crippen LogP contribution in [0.1, 0.15) is 33.1 Å². The van der Waals surface area contributed by atoms with Crippen LogP contribution in [0, 0.1) is 11.3 Å². The summed E-state index contributed by atoms with van der Waals surface area (Å²) in [5, 5.41) is 2.96. The fourth-order valence-electron chi connectivity index (χ4n) is 3.25. The zero-order valence-electron chi connectivity index (χ0n) is 12.6. The largest absolute Gasteiger partial charge is 0.486 e. The molecule has 2 aliphatic rings. The van der Waals surface area contributed by atoms with E-state index in [1.165, 1.54) is 0 Å². The van der Waals surface area contributed by atoms with Crippen LogP contribution in [-0.4, -0.2) is 19.1 Å². The molecule has 1 unspecified atom stereocenters. The minimum Gasteiger partial charge on any atom is -0.486 e. The molecule has 1 saturated carbocycles. The third kappa shape index (κ3) is 2.64. The lowest BCUT2D eigenvalue weighted by Crippen LogP contribution is -2.31. The Morgan fingerprint density at radius 2 is 1.95 bits per heavy atom. The average molecular weight is 290 g/mol. The average Bonchev–Trinajstić information content (AvgIpc) is 2.79. The molecule has 0 spiro atoms. The topological polar surface area (TPSA) is 73.6 Å². The van der Waals surface area contributed by atoms with Crippen molar-refractivity contribution >= 4 is 17.3 Å². The Balaban J connectivity index is 1.80. The molecule has 1 fully saturated rings. The number of ether oxygens (including phenoxy) is 2. The van der Waals surface area contributed by atoms with Crippen molar-refractivity contribution in [2.24, 2.45) is 11.3 Å². The highest BCUT2D eigenvalue weighted by Gasteiger charge is 2.39. The molecule has 1 aromatic rings. The van der Waals surface area contributed by atoms with Crippen molar-refractivity contribution in [3.63, 3.8) is 0 Å². The van der Waals surface area contributed by atoms with Gasteiger partial charge in [0, 0.05) is 18.1 Å². The van der Waals surface area contributed by atoms with Crippen molar-refractivity contribution in [3.8, 4) is 11.5 Å². The van der Waals surface area contributed by atoms with Crippen molar-refractivity contribution in [2.75, 3.05) is 24.3 Å². The molecule has 1 atom stereocenters. The highest BCUT2D eigenvalue weighted by atomic mass is 16.6. The Kier molecular flexibility index (Phi) is 3.43. The SMILES string of the molecule is CC1(C)CCCC1C(=O)Nc1cc2c(cc1N)OCCO2. The molecule has 0 bridgehead atoms. The summed E-state index contributed by atoms with van der Waals surface area (Å²) in [6.07, 6.45) is 3.12. The molecule has 3 N–H and O–H groups in total. The van der Waals surface area contributed by atoms with E-state index in [9.17, 15) is 4.79 Å². The van der Waals surface area contributed by atoms with Gasteiger partial charge in [0.15, 0.2) is 11.5 Å². The quantitative estimate of drug-likeness (QED) is 0.821. The van der Waals surface area contributed by atoms with Crippen molar-refractivity contribution in [3.05, 3.63) is 12.1 Å². The number of anilines is 2. The van der Waals surface area contributed by atoms with Gasteiger partial charge in [-0.15, -0.1) is 0 Å². The van der Waals surface area contributed by atoms with Gasteiger partial charge in [-0.3, -0.25) is 4.79 Å². The van der Waals surface area contributed by atoms with Crippen LogP contribution >= 0.6 is 0 Å². The first-order valence-electron chi connectivity index (χ1n) is 7.47. The second-order valence-corrected chi connectivity index (χ2v) is 6.51. The lowest BCUT2D eigenvalue weighted by atomic mass is 9.81. The fourth-order valence-corrected chi connectivity index (χ4v) is 3.25. The van der Waals surface area contributed by atoms with Gasteiger partial charge < -0.3 is 20.5 Å². The van der Waals surface area contributed by atoms with Gasteiger partial charge in [0.25, 0.3) is 0 Å². The van der Waals surface area contributed by atoms with Crippen molar-refractivity contribution < 1.29 is 14.3 Å². The van der Waals surface area contributed by atoms with E-state index in [2.05, 4.69) is 19.2 Å². The molecule has 0 saturated heterocycles. The van der Waals surface area contributed by atoms with Gasteiger partial charge in [-0.25, -0.2) is 0 Å². The Morgan fingerprint density at radius 1 is 1.29 bits per heavy atom. The third-order valence-electron chi connectivity index (χ3n) is 4.55. The van der Waals surface area contributed by atoms with E-state index in [1.807, 2.05) is 0 Å². The Hall–Kier alpha value is -1.91. The van der Waals surface area contributed by atoms with E-state index in [0.717, 1.165) is 19.3 Å². The van der Waals surface area contributed by atoms with E-state index in [-0.39, 0.29) is 17.2 Å². The molecule has 5 nitrogen and oxygen atoms in total. The zero-order valence-corrected chi connectivity index (χ0v) is 12.6. The van der Waals surface area contributed by atoms with Gasteiger partial charge in [0.1, 0.15) is 13.2 Å². The maximum Gasteiger partial charge on any atom is 0.228 e. The number of fused-ring (bicyclic) bond motifs is 1. The first kappa shape index (κ1) is 14.0. The van der Waals surface area contributed by atoms with Crippen LogP contribution in [0.2, 0.25) is 0 Å². The zero-order chi connectivity index (χ0) is 15.0. The minimum absolute atomic E-state index is 0.0325. The summed E-state index contributed by atoms with van der Waals surface area (Å²) in [5.41, 5.74) is 7.16. The molecule has 21 heavy (non-hydrogen) atoms. The number of carbonyl (C=O) groups excluding carboxylic acids is 1. The maximum atomic E-state index is 12.5. The minimum atomic E-state index is 0.0325. The van der Waals surface area contributed by atoms with Crippen LogP contribution < -0.4 is 20.5 Å². The number of hydrogen-bond donors (Lipinski definition) is 2. The van der Waals surface area contributed by atoms with Gasteiger partial charge in [-0.2, -0.15) is 0 Å². The van der Waals surface area contributed by atoms with E-state index >= 15 is 0 Å². The van der Waals surface area contributed by atoms with E-state index in [1.54, 1.807) is 12.1 Å². The van der Waals surface area contributed by atoms with Gasteiger partial charge in [0.2, 0.25) is 5.91 Å². The Morgan fingerprint density at radius 3 is 2.57 bits per heavy atom. The standard InChI is InChI=1S/C16H22N2O3/c1-16(2)5-3-4-10(16)15(19)18-12-9-14-13(8-11(12)17)20-6-7-21-14/h8-10H,3-7,17H2,1-2H3,(H,18,19). The molecular formula is C16H22N2O3. The van der Waals surface area contributed by atoms with Crippen LogP contribution in [0.4, 0.5) is 11.4 Å². The summed E-state index contributed by atoms with van der Waals surface area (Å²) in [6.45, 7) is 5.34. The summed E-state index contributed by atoms with van der Waals surface area (Å²) >= 11 is 0.